The van der Waals surface area contributed by atoms with Gasteiger partial charge < -0.3 is 16.8 Å². The van der Waals surface area contributed by atoms with Crippen molar-refractivity contribution in [3.05, 3.63) is 40.9 Å². The average Bonchev–Trinajstić information content (AvgIpc) is 2.78. The van der Waals surface area contributed by atoms with E-state index in [0.717, 1.165) is 11.3 Å². The van der Waals surface area contributed by atoms with Gasteiger partial charge in [0.2, 0.25) is 11.0 Å². The number of rotatable bonds is 4. The van der Waals surface area contributed by atoms with Gasteiger partial charge in [-0.15, -0.1) is 11.3 Å². The molecule has 6 nitrogen and oxygen atoms in total. The maximum atomic E-state index is 11.9. The van der Waals surface area contributed by atoms with Crippen molar-refractivity contribution in [2.24, 2.45) is 16.5 Å². The monoisotopic (exact) mass is 289 g/mol. The number of carbonyl (C=O) groups excluding carboxylic acids is 1. The highest BCUT2D eigenvalue weighted by Crippen LogP contribution is 2.19. The predicted molar refractivity (Wildman–Crippen MR) is 81.1 cm³/mol. The molecule has 2 aromatic rings. The van der Waals surface area contributed by atoms with Crippen molar-refractivity contribution in [2.45, 2.75) is 13.3 Å². The van der Waals surface area contributed by atoms with Crippen LogP contribution in [0, 0.1) is 6.92 Å². The first-order valence-corrected chi connectivity index (χ1v) is 6.81. The molecule has 1 aromatic heterocycles. The number of aryl methyl sites for hydroxylation is 1. The molecule has 0 spiro atoms. The normalized spacial score (nSPS) is 10.1. The van der Waals surface area contributed by atoms with Crippen molar-refractivity contribution in [1.82, 2.24) is 4.98 Å². The first-order valence-electron chi connectivity index (χ1n) is 5.93. The summed E-state index contributed by atoms with van der Waals surface area (Å²) in [6.45, 7) is 1.99. The van der Waals surface area contributed by atoms with E-state index in [-0.39, 0.29) is 18.3 Å². The molecule has 0 fully saturated rings. The van der Waals surface area contributed by atoms with Gasteiger partial charge in [-0.05, 0) is 19.1 Å². The molecule has 104 valence electrons. The van der Waals surface area contributed by atoms with E-state index in [0.29, 0.717) is 10.8 Å². The Labute approximate surface area is 120 Å². The molecule has 0 aliphatic rings. The van der Waals surface area contributed by atoms with Gasteiger partial charge in [0, 0.05) is 11.1 Å². The van der Waals surface area contributed by atoms with E-state index in [9.17, 15) is 4.79 Å². The number of hydrogen-bond acceptors (Lipinski definition) is 4. The number of anilines is 1. The molecule has 0 unspecified atom stereocenters. The summed E-state index contributed by atoms with van der Waals surface area (Å²) in [6.07, 6.45) is 0.185. The lowest BCUT2D eigenvalue weighted by Gasteiger charge is -2.04. The Balaban J connectivity index is 1.96. The second-order valence-electron chi connectivity index (χ2n) is 4.25. The molecule has 0 aliphatic carbocycles. The molecule has 0 saturated heterocycles. The van der Waals surface area contributed by atoms with Gasteiger partial charge in [-0.3, -0.25) is 4.79 Å². The molecule has 0 atom stereocenters. The summed E-state index contributed by atoms with van der Waals surface area (Å²) in [6, 6.07) is 7.60. The summed E-state index contributed by atoms with van der Waals surface area (Å²) in [5, 5.41) is 5.02. The van der Waals surface area contributed by atoms with E-state index >= 15 is 0 Å². The van der Waals surface area contributed by atoms with E-state index in [1.165, 1.54) is 11.3 Å². The van der Waals surface area contributed by atoms with Crippen LogP contribution in [-0.2, 0) is 11.2 Å². The number of nitrogens with one attached hydrogen (secondary N) is 1. The molecular weight excluding hydrogens is 274 g/mol. The lowest BCUT2D eigenvalue weighted by molar-refractivity contribution is -0.115. The molecule has 0 bridgehead atoms. The van der Waals surface area contributed by atoms with Crippen molar-refractivity contribution < 1.29 is 4.79 Å². The first kappa shape index (κ1) is 14.0. The largest absolute Gasteiger partial charge is 0.370 e. The average molecular weight is 289 g/mol. The zero-order valence-electron chi connectivity index (χ0n) is 11.0. The fourth-order valence-corrected chi connectivity index (χ4v) is 2.25. The van der Waals surface area contributed by atoms with Crippen LogP contribution in [0.15, 0.2) is 34.6 Å². The quantitative estimate of drug-likeness (QED) is 0.586. The fraction of sp³-hybridized carbons (Fsp3) is 0.154. The summed E-state index contributed by atoms with van der Waals surface area (Å²) in [5.41, 5.74) is 13.1. The topological polar surface area (TPSA) is 106 Å². The number of aromatic nitrogens is 1. The third kappa shape index (κ3) is 4.06. The number of amides is 1. The van der Waals surface area contributed by atoms with Crippen molar-refractivity contribution in [3.8, 4) is 0 Å². The van der Waals surface area contributed by atoms with E-state index in [1.54, 1.807) is 5.38 Å². The summed E-state index contributed by atoms with van der Waals surface area (Å²) < 4.78 is 0. The minimum Gasteiger partial charge on any atom is -0.370 e. The van der Waals surface area contributed by atoms with Crippen molar-refractivity contribution in [2.75, 3.05) is 5.32 Å². The lowest BCUT2D eigenvalue weighted by Crippen LogP contribution is -2.21. The van der Waals surface area contributed by atoms with E-state index in [4.69, 9.17) is 11.5 Å². The smallest absolute Gasteiger partial charge is 0.230 e. The van der Waals surface area contributed by atoms with E-state index in [1.807, 2.05) is 31.2 Å². The summed E-state index contributed by atoms with van der Waals surface area (Å²) in [7, 11) is 0. The van der Waals surface area contributed by atoms with Crippen molar-refractivity contribution >= 4 is 34.0 Å². The molecular formula is C13H15N5OS. The number of guanidine groups is 1. The number of benzene rings is 1. The third-order valence-electron chi connectivity index (χ3n) is 2.44. The third-order valence-corrected chi connectivity index (χ3v) is 3.22. The Morgan fingerprint density at radius 2 is 2.05 bits per heavy atom. The van der Waals surface area contributed by atoms with Crippen LogP contribution in [0.25, 0.3) is 0 Å². The molecule has 1 aromatic carbocycles. The molecule has 0 saturated carbocycles. The molecule has 5 N–H and O–H groups in total. The van der Waals surface area contributed by atoms with Crippen LogP contribution in [0.3, 0.4) is 0 Å². The summed E-state index contributed by atoms with van der Waals surface area (Å²) in [5.74, 6) is -0.176. The number of nitrogens with two attached hydrogens (primary N) is 2. The van der Waals surface area contributed by atoms with Gasteiger partial charge in [0.15, 0.2) is 5.96 Å². The van der Waals surface area contributed by atoms with Crippen molar-refractivity contribution in [3.63, 3.8) is 0 Å². The van der Waals surface area contributed by atoms with Crippen LogP contribution < -0.4 is 16.8 Å². The molecule has 1 amide bonds. The molecule has 0 aliphatic heterocycles. The maximum absolute atomic E-state index is 11.9. The SMILES string of the molecule is Cc1ccc(NC(=O)Cc2csc(N=C(N)N)n2)cc1. The van der Waals surface area contributed by atoms with Crippen LogP contribution in [0.4, 0.5) is 10.8 Å². The Morgan fingerprint density at radius 3 is 2.70 bits per heavy atom. The van der Waals surface area contributed by atoms with Crippen LogP contribution in [0.2, 0.25) is 0 Å². The summed E-state index contributed by atoms with van der Waals surface area (Å²) in [4.78, 5) is 19.9. The first-order chi connectivity index (χ1) is 9.52. The predicted octanol–water partition coefficient (Wildman–Crippen LogP) is 1.54. The lowest BCUT2D eigenvalue weighted by atomic mass is 10.2. The van der Waals surface area contributed by atoms with Gasteiger partial charge in [-0.25, -0.2) is 4.98 Å². The van der Waals surface area contributed by atoms with Gasteiger partial charge in [0.25, 0.3) is 0 Å². The van der Waals surface area contributed by atoms with E-state index < -0.39 is 0 Å². The molecule has 0 radical (unpaired) electrons. The van der Waals surface area contributed by atoms with Crippen LogP contribution >= 0.6 is 11.3 Å². The fourth-order valence-electron chi connectivity index (χ4n) is 1.55. The maximum Gasteiger partial charge on any atom is 0.230 e. The number of thiazole rings is 1. The van der Waals surface area contributed by atoms with Crippen LogP contribution in [0.1, 0.15) is 11.3 Å². The highest BCUT2D eigenvalue weighted by molar-refractivity contribution is 7.13. The zero-order chi connectivity index (χ0) is 14.5. The Morgan fingerprint density at radius 1 is 1.35 bits per heavy atom. The van der Waals surface area contributed by atoms with E-state index in [2.05, 4.69) is 15.3 Å². The van der Waals surface area contributed by atoms with Crippen LogP contribution in [0.5, 0.6) is 0 Å². The number of carbonyl (C=O) groups is 1. The van der Waals surface area contributed by atoms with Gasteiger partial charge in [-0.2, -0.15) is 4.99 Å². The number of nitrogens with zero attached hydrogens (tertiary/aromatic N) is 2. The second-order valence-corrected chi connectivity index (χ2v) is 5.09. The number of hydrogen-bond donors (Lipinski definition) is 3. The van der Waals surface area contributed by atoms with Gasteiger partial charge in [0.05, 0.1) is 12.1 Å². The molecule has 1 heterocycles. The highest BCUT2D eigenvalue weighted by atomic mass is 32.1. The standard InChI is InChI=1S/C13H15N5OS/c1-8-2-4-9(5-3-8)16-11(19)6-10-7-20-13(17-10)18-12(14)15/h2-5,7H,6H2,1H3,(H,16,19)(H4,14,15,17,18). The molecule has 7 heteroatoms. The van der Waals surface area contributed by atoms with Gasteiger partial charge in [0.1, 0.15) is 0 Å². The second kappa shape index (κ2) is 6.16. The van der Waals surface area contributed by atoms with Gasteiger partial charge >= 0.3 is 0 Å². The summed E-state index contributed by atoms with van der Waals surface area (Å²) >= 11 is 1.29. The zero-order valence-corrected chi connectivity index (χ0v) is 11.8. The Bertz CT molecular complexity index is 628. The Kier molecular flexibility index (Phi) is 4.31. The van der Waals surface area contributed by atoms with Gasteiger partial charge in [-0.1, -0.05) is 17.7 Å². The minimum absolute atomic E-state index is 0.0463. The molecule has 2 rings (SSSR count). The molecule has 20 heavy (non-hydrogen) atoms. The van der Waals surface area contributed by atoms with Crippen molar-refractivity contribution in [1.29, 1.82) is 0 Å². The van der Waals surface area contributed by atoms with Crippen LogP contribution in [-0.4, -0.2) is 16.9 Å². The Hall–Kier alpha value is -2.41. The highest BCUT2D eigenvalue weighted by Gasteiger charge is 2.08. The minimum atomic E-state index is -0.129. The number of aliphatic imine (C=N–C) groups is 1.